The van der Waals surface area contributed by atoms with Gasteiger partial charge in [0.25, 0.3) is 0 Å². The van der Waals surface area contributed by atoms with Gasteiger partial charge in [0.05, 0.1) is 18.1 Å². The molecule has 3 amide bonds. The Morgan fingerprint density at radius 2 is 2.00 bits per heavy atom. The van der Waals surface area contributed by atoms with E-state index in [-0.39, 0.29) is 29.8 Å². The van der Waals surface area contributed by atoms with Gasteiger partial charge in [-0.25, -0.2) is 9.18 Å². The van der Waals surface area contributed by atoms with Crippen molar-refractivity contribution in [2.45, 2.75) is 37.8 Å². The van der Waals surface area contributed by atoms with Crippen LogP contribution in [0.5, 0.6) is 0 Å². The van der Waals surface area contributed by atoms with E-state index in [2.05, 4.69) is 5.32 Å². The van der Waals surface area contributed by atoms with Crippen LogP contribution in [0.4, 0.5) is 9.18 Å². The Hall–Kier alpha value is -2.15. The first-order chi connectivity index (χ1) is 12.0. The normalized spacial score (nSPS) is 24.8. The Morgan fingerprint density at radius 3 is 2.64 bits per heavy atom. The molecule has 0 aliphatic carbocycles. The van der Waals surface area contributed by atoms with Gasteiger partial charge in [0, 0.05) is 19.7 Å². The van der Waals surface area contributed by atoms with Gasteiger partial charge >= 0.3 is 6.03 Å². The van der Waals surface area contributed by atoms with Crippen LogP contribution in [0.15, 0.2) is 24.3 Å². The molecule has 1 aromatic rings. The molecule has 1 aromatic carbocycles. The van der Waals surface area contributed by atoms with Gasteiger partial charge in [0.15, 0.2) is 0 Å². The van der Waals surface area contributed by atoms with Crippen LogP contribution >= 0.6 is 0 Å². The van der Waals surface area contributed by atoms with Crippen LogP contribution < -0.4 is 11.1 Å². The van der Waals surface area contributed by atoms with Crippen molar-refractivity contribution in [3.63, 3.8) is 0 Å². The highest BCUT2D eigenvalue weighted by Gasteiger charge is 2.33. The van der Waals surface area contributed by atoms with E-state index in [1.165, 1.54) is 17.0 Å². The van der Waals surface area contributed by atoms with Crippen molar-refractivity contribution in [2.75, 3.05) is 19.7 Å². The first kappa shape index (κ1) is 17.7. The molecule has 25 heavy (non-hydrogen) atoms. The number of carbonyl (C=O) groups excluding carboxylic acids is 2. The highest BCUT2D eigenvalue weighted by molar-refractivity contribution is 5.81. The predicted octanol–water partition coefficient (Wildman–Crippen LogP) is 1.95. The quantitative estimate of drug-likeness (QED) is 0.871. The van der Waals surface area contributed by atoms with E-state index < -0.39 is 6.03 Å². The molecule has 0 aromatic heterocycles. The number of carbonyl (C=O) groups is 2. The molecule has 0 saturated carbocycles. The van der Waals surface area contributed by atoms with Crippen LogP contribution in [0.2, 0.25) is 0 Å². The van der Waals surface area contributed by atoms with Crippen LogP contribution in [0.25, 0.3) is 0 Å². The van der Waals surface area contributed by atoms with E-state index in [1.807, 2.05) is 0 Å². The Morgan fingerprint density at radius 1 is 1.24 bits per heavy atom. The van der Waals surface area contributed by atoms with Crippen molar-refractivity contribution in [3.8, 4) is 0 Å². The topological polar surface area (TPSA) is 84.7 Å². The van der Waals surface area contributed by atoms with Crippen molar-refractivity contribution in [2.24, 2.45) is 11.7 Å². The summed E-state index contributed by atoms with van der Waals surface area (Å²) in [5.74, 6) is -0.716. The maximum atomic E-state index is 13.2. The maximum Gasteiger partial charge on any atom is 0.314 e. The summed E-state index contributed by atoms with van der Waals surface area (Å²) in [6, 6.07) is 5.32. The third-order valence-corrected chi connectivity index (χ3v) is 4.97. The first-order valence-corrected chi connectivity index (χ1v) is 8.76. The lowest BCUT2D eigenvalue weighted by molar-refractivity contribution is -0.128. The second-order valence-electron chi connectivity index (χ2n) is 6.71. The van der Waals surface area contributed by atoms with Crippen LogP contribution in [-0.2, 0) is 9.53 Å². The lowest BCUT2D eigenvalue weighted by Crippen LogP contribution is -2.48. The highest BCUT2D eigenvalue weighted by atomic mass is 19.1. The molecule has 0 spiro atoms. The number of benzene rings is 1. The average Bonchev–Trinajstić information content (AvgIpc) is 3.15. The standard InChI is InChI=1S/C18H24FN3O3/c19-14-7-5-12(6-8-14)16(15-4-2-10-25-15)21-17(23)13-3-1-9-22(11-13)18(20)24/h5-8,13,15-16H,1-4,9-11H2,(H2,20,24)(H,21,23). The second kappa shape index (κ2) is 7.82. The number of halogens is 1. The number of piperidine rings is 1. The summed E-state index contributed by atoms with van der Waals surface area (Å²) in [5.41, 5.74) is 6.16. The number of ether oxygens (including phenoxy) is 1. The van der Waals surface area contributed by atoms with Gasteiger partial charge in [-0.05, 0) is 43.4 Å². The van der Waals surface area contributed by atoms with Crippen molar-refractivity contribution >= 4 is 11.9 Å². The van der Waals surface area contributed by atoms with Crippen LogP contribution in [-0.4, -0.2) is 42.6 Å². The van der Waals surface area contributed by atoms with Gasteiger partial charge in [-0.3, -0.25) is 4.79 Å². The van der Waals surface area contributed by atoms with Gasteiger partial charge in [0.2, 0.25) is 5.91 Å². The van der Waals surface area contributed by atoms with Crippen molar-refractivity contribution in [1.29, 1.82) is 0 Å². The third-order valence-electron chi connectivity index (χ3n) is 4.97. The molecular weight excluding hydrogens is 325 g/mol. The maximum absolute atomic E-state index is 13.2. The summed E-state index contributed by atoms with van der Waals surface area (Å²) in [6.45, 7) is 1.59. The summed E-state index contributed by atoms with van der Waals surface area (Å²) in [5, 5.41) is 3.06. The summed E-state index contributed by atoms with van der Waals surface area (Å²) >= 11 is 0. The molecule has 2 fully saturated rings. The summed E-state index contributed by atoms with van der Waals surface area (Å²) in [6.07, 6.45) is 3.14. The zero-order valence-corrected chi connectivity index (χ0v) is 14.1. The number of likely N-dealkylation sites (tertiary alicyclic amines) is 1. The Bertz CT molecular complexity index is 616. The fourth-order valence-corrected chi connectivity index (χ4v) is 3.59. The molecule has 7 heteroatoms. The van der Waals surface area contributed by atoms with Gasteiger partial charge in [-0.1, -0.05) is 12.1 Å². The predicted molar refractivity (Wildman–Crippen MR) is 90.1 cm³/mol. The number of amides is 3. The number of hydrogen-bond acceptors (Lipinski definition) is 3. The molecule has 3 unspecified atom stereocenters. The number of hydrogen-bond donors (Lipinski definition) is 2. The Kier molecular flexibility index (Phi) is 5.53. The van der Waals surface area contributed by atoms with Crippen LogP contribution in [0.3, 0.4) is 0 Å². The molecule has 2 saturated heterocycles. The molecule has 2 aliphatic rings. The number of nitrogens with zero attached hydrogens (tertiary/aromatic N) is 1. The SMILES string of the molecule is NC(=O)N1CCCC(C(=O)NC(c2ccc(F)cc2)C2CCCO2)C1. The lowest BCUT2D eigenvalue weighted by Gasteiger charge is -2.33. The van der Waals surface area contributed by atoms with Crippen LogP contribution in [0.1, 0.15) is 37.3 Å². The van der Waals surface area contributed by atoms with Crippen molar-refractivity contribution in [3.05, 3.63) is 35.6 Å². The third kappa shape index (κ3) is 4.28. The van der Waals surface area contributed by atoms with Crippen molar-refractivity contribution in [1.82, 2.24) is 10.2 Å². The second-order valence-corrected chi connectivity index (χ2v) is 6.71. The van der Waals surface area contributed by atoms with E-state index in [4.69, 9.17) is 10.5 Å². The highest BCUT2D eigenvalue weighted by Crippen LogP contribution is 2.28. The fourth-order valence-electron chi connectivity index (χ4n) is 3.59. The molecule has 3 rings (SSSR count). The number of nitrogens with two attached hydrogens (primary N) is 1. The van der Waals surface area contributed by atoms with E-state index >= 15 is 0 Å². The minimum Gasteiger partial charge on any atom is -0.376 e. The summed E-state index contributed by atoms with van der Waals surface area (Å²) in [7, 11) is 0. The molecule has 0 bridgehead atoms. The van der Waals surface area contributed by atoms with Crippen LogP contribution in [0, 0.1) is 11.7 Å². The Balaban J connectivity index is 1.72. The monoisotopic (exact) mass is 349 g/mol. The minimum absolute atomic E-state index is 0.115. The van der Waals surface area contributed by atoms with Gasteiger partial charge in [-0.2, -0.15) is 0 Å². The van der Waals surface area contributed by atoms with Gasteiger partial charge in [-0.15, -0.1) is 0 Å². The van der Waals surface area contributed by atoms with Gasteiger partial charge < -0.3 is 20.7 Å². The number of rotatable bonds is 4. The number of primary amides is 1. The van der Waals surface area contributed by atoms with E-state index in [9.17, 15) is 14.0 Å². The minimum atomic E-state index is -0.494. The van der Waals surface area contributed by atoms with E-state index in [1.54, 1.807) is 12.1 Å². The molecule has 2 heterocycles. The number of urea groups is 1. The van der Waals surface area contributed by atoms with E-state index in [0.717, 1.165) is 31.2 Å². The molecule has 3 N–H and O–H groups in total. The number of nitrogens with one attached hydrogen (secondary N) is 1. The Labute approximate surface area is 146 Å². The average molecular weight is 349 g/mol. The zero-order chi connectivity index (χ0) is 17.8. The largest absolute Gasteiger partial charge is 0.376 e. The van der Waals surface area contributed by atoms with Crippen molar-refractivity contribution < 1.29 is 18.7 Å². The van der Waals surface area contributed by atoms with E-state index in [0.29, 0.717) is 19.7 Å². The fraction of sp³-hybridized carbons (Fsp3) is 0.556. The molecule has 0 radical (unpaired) electrons. The molecular formula is C18H24FN3O3. The lowest BCUT2D eigenvalue weighted by atomic mass is 9.94. The molecule has 6 nitrogen and oxygen atoms in total. The first-order valence-electron chi connectivity index (χ1n) is 8.76. The van der Waals surface area contributed by atoms with Gasteiger partial charge in [0.1, 0.15) is 5.82 Å². The summed E-state index contributed by atoms with van der Waals surface area (Å²) in [4.78, 5) is 25.6. The zero-order valence-electron chi connectivity index (χ0n) is 14.1. The molecule has 136 valence electrons. The smallest absolute Gasteiger partial charge is 0.314 e. The molecule has 3 atom stereocenters. The molecule has 2 aliphatic heterocycles. The summed E-state index contributed by atoms with van der Waals surface area (Å²) < 4.78 is 19.0.